The summed E-state index contributed by atoms with van der Waals surface area (Å²) in [5.74, 6) is -0.780. The van der Waals surface area contributed by atoms with E-state index in [1.54, 1.807) is 0 Å². The Morgan fingerprint density at radius 2 is 0.729 bits per heavy atom. The third kappa shape index (κ3) is 56.1. The Bertz CT molecular complexity index is 1190. The number of quaternary nitrogens is 1. The Morgan fingerprint density at radius 3 is 1.06 bits per heavy atom. The van der Waals surface area contributed by atoms with Crippen LogP contribution in [0.15, 0.2) is 12.2 Å². The van der Waals surface area contributed by atoms with Gasteiger partial charge in [-0.25, -0.2) is 4.57 Å². The molecule has 0 aliphatic heterocycles. The van der Waals surface area contributed by atoms with Gasteiger partial charge in [0.05, 0.1) is 27.7 Å². The zero-order valence-electron chi connectivity index (χ0n) is 47.3. The zero-order chi connectivity index (χ0) is 51.3. The number of likely N-dealkylation sites (N-methyl/N-ethyl adjacent to an activating group) is 1. The number of esters is 2. The summed E-state index contributed by atoms with van der Waals surface area (Å²) in [5.41, 5.74) is 0. The summed E-state index contributed by atoms with van der Waals surface area (Å²) < 4.78 is 34.6. The molecule has 0 bridgehead atoms. The Hall–Kier alpha value is -1.25. The van der Waals surface area contributed by atoms with Gasteiger partial charge in [0.15, 0.2) is 6.10 Å². The first-order chi connectivity index (χ1) is 34.0. The average Bonchev–Trinajstić information content (AvgIpc) is 3.32. The van der Waals surface area contributed by atoms with Crippen molar-refractivity contribution >= 4 is 19.8 Å². The van der Waals surface area contributed by atoms with Gasteiger partial charge < -0.3 is 18.9 Å². The topological polar surface area (TPSA) is 108 Å². The van der Waals surface area contributed by atoms with Crippen LogP contribution < -0.4 is 0 Å². The van der Waals surface area contributed by atoms with Crippen LogP contribution in [0.2, 0.25) is 0 Å². The molecule has 416 valence electrons. The lowest BCUT2D eigenvalue weighted by atomic mass is 10.0. The maximum Gasteiger partial charge on any atom is 0.472 e. The summed E-state index contributed by atoms with van der Waals surface area (Å²) in [7, 11) is 1.50. The van der Waals surface area contributed by atoms with Gasteiger partial charge in [-0.2, -0.15) is 0 Å². The van der Waals surface area contributed by atoms with Crippen molar-refractivity contribution in [3.63, 3.8) is 0 Å². The first-order valence-corrected chi connectivity index (χ1v) is 31.9. The lowest BCUT2D eigenvalue weighted by molar-refractivity contribution is -0.870. The Balaban J connectivity index is 4.09. The van der Waals surface area contributed by atoms with Crippen LogP contribution in [0.1, 0.15) is 309 Å². The summed E-state index contributed by atoms with van der Waals surface area (Å²) >= 11 is 0. The number of ether oxygens (including phenoxy) is 2. The van der Waals surface area contributed by atoms with E-state index in [-0.39, 0.29) is 25.6 Å². The first kappa shape index (κ1) is 68.8. The van der Waals surface area contributed by atoms with Crippen molar-refractivity contribution in [2.75, 3.05) is 47.5 Å². The number of phosphoric acid groups is 1. The summed E-state index contributed by atoms with van der Waals surface area (Å²) in [5, 5.41) is 0. The van der Waals surface area contributed by atoms with Gasteiger partial charge in [0.2, 0.25) is 0 Å². The second-order valence-electron chi connectivity index (χ2n) is 22.1. The maximum absolute atomic E-state index is 12.8. The third-order valence-electron chi connectivity index (χ3n) is 13.8. The van der Waals surface area contributed by atoms with Crippen LogP contribution in [-0.4, -0.2) is 74.9 Å². The standard InChI is InChI=1S/C60H118NO8P/c1-6-8-10-12-14-16-18-20-22-24-26-28-29-30-31-33-34-36-38-40-42-44-46-48-50-52-59(62)66-56-58(57-68-70(64,65)67-55-54-61(3,4)5)69-60(63)53-51-49-47-45-43-41-39-37-35-32-27-25-23-21-19-17-15-13-11-9-7-2/h25,27,58H,6-24,26,28-57H2,1-5H3/p+1/b27-25-. The Kier molecular flexibility index (Phi) is 51.7. The van der Waals surface area contributed by atoms with Crippen molar-refractivity contribution in [1.82, 2.24) is 0 Å². The minimum absolute atomic E-state index is 0.0351. The van der Waals surface area contributed by atoms with Crippen LogP contribution in [0.5, 0.6) is 0 Å². The van der Waals surface area contributed by atoms with Crippen molar-refractivity contribution in [2.45, 2.75) is 315 Å². The molecule has 0 rings (SSSR count). The third-order valence-corrected chi connectivity index (χ3v) is 14.8. The maximum atomic E-state index is 12.8. The minimum Gasteiger partial charge on any atom is -0.462 e. The summed E-state index contributed by atoms with van der Waals surface area (Å²) in [6, 6.07) is 0. The zero-order valence-corrected chi connectivity index (χ0v) is 48.2. The number of carbonyl (C=O) groups excluding carboxylic acids is 2. The molecule has 0 fully saturated rings. The van der Waals surface area contributed by atoms with Crippen LogP contribution in [0, 0.1) is 0 Å². The Labute approximate surface area is 435 Å². The molecular formula is C60H119NO8P+. The van der Waals surface area contributed by atoms with E-state index in [2.05, 4.69) is 26.0 Å². The molecular weight excluding hydrogens is 894 g/mol. The molecule has 0 spiro atoms. The van der Waals surface area contributed by atoms with Gasteiger partial charge in [0, 0.05) is 12.8 Å². The normalized spacial score (nSPS) is 13.3. The van der Waals surface area contributed by atoms with Crippen LogP contribution >= 0.6 is 7.82 Å². The van der Waals surface area contributed by atoms with Gasteiger partial charge >= 0.3 is 19.8 Å². The fraction of sp³-hybridized carbons (Fsp3) is 0.933. The molecule has 0 aromatic rings. The van der Waals surface area contributed by atoms with Gasteiger partial charge in [0.1, 0.15) is 19.8 Å². The fourth-order valence-corrected chi connectivity index (χ4v) is 9.81. The van der Waals surface area contributed by atoms with E-state index in [0.29, 0.717) is 23.9 Å². The number of allylic oxidation sites excluding steroid dienone is 2. The van der Waals surface area contributed by atoms with E-state index in [1.807, 2.05) is 21.1 Å². The molecule has 0 heterocycles. The second-order valence-corrected chi connectivity index (χ2v) is 23.6. The van der Waals surface area contributed by atoms with Crippen LogP contribution in [0.4, 0.5) is 0 Å². The van der Waals surface area contributed by atoms with Crippen molar-refractivity contribution in [3.8, 4) is 0 Å². The van der Waals surface area contributed by atoms with E-state index in [0.717, 1.165) is 32.1 Å². The number of phosphoric ester groups is 1. The van der Waals surface area contributed by atoms with Crippen molar-refractivity contribution < 1.29 is 42.1 Å². The number of carbonyl (C=O) groups is 2. The molecule has 9 nitrogen and oxygen atoms in total. The monoisotopic (exact) mass is 1010 g/mol. The van der Waals surface area contributed by atoms with Crippen LogP contribution in [-0.2, 0) is 32.7 Å². The summed E-state index contributed by atoms with van der Waals surface area (Å²) in [6.07, 6.45) is 61.4. The molecule has 0 saturated carbocycles. The molecule has 1 N–H and O–H groups in total. The average molecular weight is 1010 g/mol. The molecule has 0 amide bonds. The molecule has 70 heavy (non-hydrogen) atoms. The molecule has 2 unspecified atom stereocenters. The van der Waals surface area contributed by atoms with Gasteiger partial charge in [-0.3, -0.25) is 18.6 Å². The highest BCUT2D eigenvalue weighted by atomic mass is 31.2. The minimum atomic E-state index is -4.38. The van der Waals surface area contributed by atoms with E-state index in [1.165, 1.54) is 244 Å². The van der Waals surface area contributed by atoms with Crippen molar-refractivity contribution in [2.24, 2.45) is 0 Å². The van der Waals surface area contributed by atoms with E-state index in [9.17, 15) is 19.0 Å². The smallest absolute Gasteiger partial charge is 0.462 e. The Morgan fingerprint density at radius 1 is 0.429 bits per heavy atom. The first-order valence-electron chi connectivity index (χ1n) is 30.4. The van der Waals surface area contributed by atoms with Crippen LogP contribution in [0.25, 0.3) is 0 Å². The lowest BCUT2D eigenvalue weighted by Crippen LogP contribution is -2.37. The summed E-state index contributed by atoms with van der Waals surface area (Å²) in [4.78, 5) is 35.7. The number of rotatable bonds is 57. The molecule has 0 radical (unpaired) electrons. The molecule has 0 aliphatic rings. The van der Waals surface area contributed by atoms with Gasteiger partial charge in [0.25, 0.3) is 0 Å². The van der Waals surface area contributed by atoms with Crippen LogP contribution in [0.3, 0.4) is 0 Å². The highest BCUT2D eigenvalue weighted by molar-refractivity contribution is 7.47. The van der Waals surface area contributed by atoms with Crippen molar-refractivity contribution in [1.29, 1.82) is 0 Å². The van der Waals surface area contributed by atoms with Gasteiger partial charge in [-0.05, 0) is 38.5 Å². The summed E-state index contributed by atoms with van der Waals surface area (Å²) in [6.45, 7) is 4.50. The van der Waals surface area contributed by atoms with Gasteiger partial charge in [-0.15, -0.1) is 0 Å². The predicted octanol–water partition coefficient (Wildman–Crippen LogP) is 18.8. The SMILES string of the molecule is CCCCCCCCCC/C=C\CCCCCCCCCCCC(=O)OC(COC(=O)CCCCCCCCCCCCCCCCCCCCCCCCCCC)COP(=O)(O)OCC[N+](C)(C)C. The molecule has 0 saturated heterocycles. The van der Waals surface area contributed by atoms with E-state index in [4.69, 9.17) is 18.5 Å². The second kappa shape index (κ2) is 52.6. The number of hydrogen-bond donors (Lipinski definition) is 1. The highest BCUT2D eigenvalue weighted by Crippen LogP contribution is 2.43. The number of nitrogens with zero attached hydrogens (tertiary/aromatic N) is 1. The van der Waals surface area contributed by atoms with Crippen molar-refractivity contribution in [3.05, 3.63) is 12.2 Å². The largest absolute Gasteiger partial charge is 0.472 e. The molecule has 0 aromatic carbocycles. The fourth-order valence-electron chi connectivity index (χ4n) is 9.07. The van der Waals surface area contributed by atoms with E-state index >= 15 is 0 Å². The molecule has 0 aliphatic carbocycles. The molecule has 0 aromatic heterocycles. The molecule has 2 atom stereocenters. The predicted molar refractivity (Wildman–Crippen MR) is 298 cm³/mol. The highest BCUT2D eigenvalue weighted by Gasteiger charge is 2.27. The van der Waals surface area contributed by atoms with E-state index < -0.39 is 26.5 Å². The lowest BCUT2D eigenvalue weighted by Gasteiger charge is -2.24. The quantitative estimate of drug-likeness (QED) is 0.0211. The number of unbranched alkanes of at least 4 members (excludes halogenated alkanes) is 41. The van der Waals surface area contributed by atoms with Gasteiger partial charge in [-0.1, -0.05) is 270 Å². The number of hydrogen-bond acceptors (Lipinski definition) is 7. The molecule has 10 heteroatoms.